The summed E-state index contributed by atoms with van der Waals surface area (Å²) in [6, 6.07) is 13.3. The number of hydrogen-bond acceptors (Lipinski definition) is 2. The number of hydrogen-bond donors (Lipinski definition) is 2. The van der Waals surface area contributed by atoms with E-state index in [-0.39, 0.29) is 5.91 Å². The van der Waals surface area contributed by atoms with E-state index in [9.17, 15) is 4.79 Å². The maximum absolute atomic E-state index is 11.8. The van der Waals surface area contributed by atoms with Gasteiger partial charge in [-0.2, -0.15) is 0 Å². The van der Waals surface area contributed by atoms with Crippen LogP contribution >= 0.6 is 11.6 Å². The first-order valence-corrected chi connectivity index (χ1v) is 7.29. The van der Waals surface area contributed by atoms with Gasteiger partial charge in [-0.25, -0.2) is 0 Å². The van der Waals surface area contributed by atoms with Crippen LogP contribution in [-0.2, 0) is 4.79 Å². The molecule has 21 heavy (non-hydrogen) atoms. The minimum Gasteiger partial charge on any atom is -0.384 e. The van der Waals surface area contributed by atoms with E-state index >= 15 is 0 Å². The van der Waals surface area contributed by atoms with E-state index in [4.69, 9.17) is 11.6 Å². The minimum absolute atomic E-state index is 0.0189. The molecule has 3 nitrogen and oxygen atoms in total. The summed E-state index contributed by atoms with van der Waals surface area (Å²) < 4.78 is 0. The second kappa shape index (κ2) is 7.14. The van der Waals surface area contributed by atoms with E-state index in [1.54, 1.807) is 24.3 Å². The van der Waals surface area contributed by atoms with Crippen molar-refractivity contribution in [1.82, 2.24) is 0 Å². The summed E-state index contributed by atoms with van der Waals surface area (Å²) in [6.45, 7) is 4.72. The van der Waals surface area contributed by atoms with Crippen LogP contribution in [0.3, 0.4) is 0 Å². The molecule has 0 spiro atoms. The van der Waals surface area contributed by atoms with Crippen LogP contribution in [0.1, 0.15) is 17.5 Å². The first-order chi connectivity index (χ1) is 10.0. The zero-order valence-electron chi connectivity index (χ0n) is 12.2. The summed E-state index contributed by atoms with van der Waals surface area (Å²) >= 11 is 5.80. The van der Waals surface area contributed by atoms with Crippen LogP contribution in [0.15, 0.2) is 42.5 Å². The molecule has 0 fully saturated rings. The molecular formula is C17H19ClN2O. The molecule has 0 bridgehead atoms. The van der Waals surface area contributed by atoms with E-state index in [0.29, 0.717) is 18.0 Å². The summed E-state index contributed by atoms with van der Waals surface area (Å²) in [4.78, 5) is 11.8. The molecule has 0 saturated heterocycles. The van der Waals surface area contributed by atoms with E-state index < -0.39 is 0 Å². The number of nitrogens with one attached hydrogen (secondary N) is 2. The summed E-state index contributed by atoms with van der Waals surface area (Å²) in [5.74, 6) is -0.0189. The lowest BCUT2D eigenvalue weighted by molar-refractivity contribution is -0.115. The number of benzene rings is 2. The number of carbonyl (C=O) groups excluding carboxylic acids is 1. The molecule has 0 aromatic heterocycles. The number of aryl methyl sites for hydroxylation is 2. The van der Waals surface area contributed by atoms with Gasteiger partial charge >= 0.3 is 0 Å². The normalized spacial score (nSPS) is 10.2. The highest BCUT2D eigenvalue weighted by Crippen LogP contribution is 2.16. The standard InChI is InChI=1S/C17H19ClN2O/c1-12-3-8-16(13(2)11-12)19-10-9-17(21)20-15-6-4-14(18)5-7-15/h3-8,11,19H,9-10H2,1-2H3,(H,20,21). The Balaban J connectivity index is 1.80. The van der Waals surface area contributed by atoms with Crippen LogP contribution in [0.25, 0.3) is 0 Å². The fourth-order valence-electron chi connectivity index (χ4n) is 2.08. The van der Waals surface area contributed by atoms with Gasteiger partial charge in [-0.05, 0) is 49.7 Å². The molecule has 0 unspecified atom stereocenters. The predicted octanol–water partition coefficient (Wildman–Crippen LogP) is 4.40. The van der Waals surface area contributed by atoms with Gasteiger partial charge in [0.2, 0.25) is 5.91 Å². The SMILES string of the molecule is Cc1ccc(NCCC(=O)Nc2ccc(Cl)cc2)c(C)c1. The van der Waals surface area contributed by atoms with Crippen molar-refractivity contribution in [1.29, 1.82) is 0 Å². The van der Waals surface area contributed by atoms with Gasteiger partial charge in [0.05, 0.1) is 0 Å². The fraction of sp³-hybridized carbons (Fsp3) is 0.235. The highest BCUT2D eigenvalue weighted by Gasteiger charge is 2.03. The van der Waals surface area contributed by atoms with Crippen LogP contribution in [0.4, 0.5) is 11.4 Å². The molecule has 0 aliphatic carbocycles. The molecule has 0 heterocycles. The summed E-state index contributed by atoms with van der Waals surface area (Å²) in [6.07, 6.45) is 0.413. The quantitative estimate of drug-likeness (QED) is 0.859. The monoisotopic (exact) mass is 302 g/mol. The van der Waals surface area contributed by atoms with Gasteiger partial charge in [-0.3, -0.25) is 4.79 Å². The highest BCUT2D eigenvalue weighted by atomic mass is 35.5. The Bertz CT molecular complexity index is 623. The summed E-state index contributed by atoms with van der Waals surface area (Å²) in [5, 5.41) is 6.78. The zero-order valence-corrected chi connectivity index (χ0v) is 13.0. The van der Waals surface area contributed by atoms with Crippen molar-refractivity contribution >= 4 is 28.9 Å². The van der Waals surface area contributed by atoms with E-state index in [1.807, 2.05) is 6.07 Å². The third-order valence-electron chi connectivity index (χ3n) is 3.18. The average Bonchev–Trinajstić information content (AvgIpc) is 2.44. The lowest BCUT2D eigenvalue weighted by Crippen LogP contribution is -2.16. The smallest absolute Gasteiger partial charge is 0.226 e. The number of amides is 1. The van der Waals surface area contributed by atoms with Gasteiger partial charge in [0.15, 0.2) is 0 Å². The maximum Gasteiger partial charge on any atom is 0.226 e. The van der Waals surface area contributed by atoms with Crippen molar-refractivity contribution in [2.75, 3.05) is 17.2 Å². The van der Waals surface area contributed by atoms with E-state index in [2.05, 4.69) is 36.6 Å². The van der Waals surface area contributed by atoms with Crippen molar-refractivity contribution in [3.8, 4) is 0 Å². The summed E-state index contributed by atoms with van der Waals surface area (Å²) in [7, 11) is 0. The Labute approximate surface area is 130 Å². The third-order valence-corrected chi connectivity index (χ3v) is 3.43. The molecule has 110 valence electrons. The molecule has 2 rings (SSSR count). The van der Waals surface area contributed by atoms with Crippen LogP contribution < -0.4 is 10.6 Å². The van der Waals surface area contributed by atoms with Crippen molar-refractivity contribution in [3.05, 3.63) is 58.6 Å². The lowest BCUT2D eigenvalue weighted by Gasteiger charge is -2.10. The zero-order chi connectivity index (χ0) is 15.2. The Hall–Kier alpha value is -2.00. The Kier molecular flexibility index (Phi) is 5.23. The first kappa shape index (κ1) is 15.4. The molecule has 0 saturated carbocycles. The van der Waals surface area contributed by atoms with Gasteiger partial charge in [0.1, 0.15) is 0 Å². The Morgan fingerprint density at radius 1 is 1.10 bits per heavy atom. The van der Waals surface area contributed by atoms with E-state index in [1.165, 1.54) is 11.1 Å². The van der Waals surface area contributed by atoms with Crippen molar-refractivity contribution in [2.24, 2.45) is 0 Å². The number of carbonyl (C=O) groups is 1. The maximum atomic E-state index is 11.8. The molecule has 2 N–H and O–H groups in total. The number of halogens is 1. The van der Waals surface area contributed by atoms with E-state index in [0.717, 1.165) is 11.4 Å². The van der Waals surface area contributed by atoms with Crippen LogP contribution in [0.2, 0.25) is 5.02 Å². The van der Waals surface area contributed by atoms with Crippen LogP contribution in [0, 0.1) is 13.8 Å². The van der Waals surface area contributed by atoms with Crippen molar-refractivity contribution < 1.29 is 4.79 Å². The molecule has 1 amide bonds. The van der Waals surface area contributed by atoms with Gasteiger partial charge in [-0.1, -0.05) is 29.3 Å². The number of rotatable bonds is 5. The van der Waals surface area contributed by atoms with Crippen LogP contribution in [-0.4, -0.2) is 12.5 Å². The Morgan fingerprint density at radius 2 is 1.81 bits per heavy atom. The summed E-state index contributed by atoms with van der Waals surface area (Å²) in [5.41, 5.74) is 4.25. The Morgan fingerprint density at radius 3 is 2.48 bits per heavy atom. The van der Waals surface area contributed by atoms with Gasteiger partial charge in [-0.15, -0.1) is 0 Å². The van der Waals surface area contributed by atoms with Gasteiger partial charge in [0.25, 0.3) is 0 Å². The second-order valence-corrected chi connectivity index (χ2v) is 5.49. The van der Waals surface area contributed by atoms with Crippen molar-refractivity contribution in [2.45, 2.75) is 20.3 Å². The third kappa shape index (κ3) is 4.80. The highest BCUT2D eigenvalue weighted by molar-refractivity contribution is 6.30. The molecule has 4 heteroatoms. The molecule has 0 aliphatic rings. The molecule has 0 atom stereocenters. The lowest BCUT2D eigenvalue weighted by atomic mass is 10.1. The molecule has 0 aliphatic heterocycles. The molecular weight excluding hydrogens is 284 g/mol. The van der Waals surface area contributed by atoms with Crippen LogP contribution in [0.5, 0.6) is 0 Å². The topological polar surface area (TPSA) is 41.1 Å². The molecule has 2 aromatic rings. The molecule has 2 aromatic carbocycles. The minimum atomic E-state index is -0.0189. The fourth-order valence-corrected chi connectivity index (χ4v) is 2.21. The largest absolute Gasteiger partial charge is 0.384 e. The van der Waals surface area contributed by atoms with Crippen molar-refractivity contribution in [3.63, 3.8) is 0 Å². The second-order valence-electron chi connectivity index (χ2n) is 5.05. The number of anilines is 2. The average molecular weight is 303 g/mol. The predicted molar refractivity (Wildman–Crippen MR) is 89.1 cm³/mol. The first-order valence-electron chi connectivity index (χ1n) is 6.91. The van der Waals surface area contributed by atoms with Gasteiger partial charge < -0.3 is 10.6 Å². The van der Waals surface area contributed by atoms with Gasteiger partial charge in [0, 0.05) is 29.4 Å². The molecule has 0 radical (unpaired) electrons.